The highest BCUT2D eigenvalue weighted by molar-refractivity contribution is 5.76. The monoisotopic (exact) mass is 295 g/mol. The van der Waals surface area contributed by atoms with E-state index in [9.17, 15) is 9.59 Å². The molecule has 3 rings (SSSR count). The molecule has 2 atom stereocenters. The number of fused-ring (bicyclic) bond motifs is 1. The third-order valence-corrected chi connectivity index (χ3v) is 5.31. The van der Waals surface area contributed by atoms with Crippen molar-refractivity contribution in [3.8, 4) is 0 Å². The number of carbonyl (C=O) groups is 2. The first kappa shape index (κ1) is 14.6. The summed E-state index contributed by atoms with van der Waals surface area (Å²) in [5.74, 6) is -0.0134. The van der Waals surface area contributed by atoms with Gasteiger partial charge in [-0.3, -0.25) is 4.79 Å². The number of piperidine rings is 2. The van der Waals surface area contributed by atoms with E-state index >= 15 is 0 Å². The number of amides is 2. The molecule has 3 aliphatic rings. The normalized spacial score (nSPS) is 30.7. The van der Waals surface area contributed by atoms with Gasteiger partial charge < -0.3 is 19.8 Å². The lowest BCUT2D eigenvalue weighted by Gasteiger charge is -2.48. The lowest BCUT2D eigenvalue weighted by atomic mass is 9.84. The standard InChI is InChI=1S/C15H25N3O3/c1-16-5-2-3-12-10-17(6-4-13(12)16)15(21)18-8-11(9-18)7-14(19)20/h11-13H,2-10H2,1H3,(H,19,20). The Morgan fingerprint density at radius 3 is 2.57 bits per heavy atom. The molecule has 0 aromatic carbocycles. The number of urea groups is 1. The summed E-state index contributed by atoms with van der Waals surface area (Å²) in [5.41, 5.74) is 0. The van der Waals surface area contributed by atoms with Crippen LogP contribution < -0.4 is 0 Å². The van der Waals surface area contributed by atoms with Crippen LogP contribution in [0.1, 0.15) is 25.7 Å². The fourth-order valence-corrected chi connectivity index (χ4v) is 4.13. The highest BCUT2D eigenvalue weighted by Gasteiger charge is 2.39. The Bertz CT molecular complexity index is 422. The van der Waals surface area contributed by atoms with Gasteiger partial charge in [-0.1, -0.05) is 0 Å². The van der Waals surface area contributed by atoms with E-state index in [0.717, 1.165) is 19.5 Å². The minimum Gasteiger partial charge on any atom is -0.481 e. The first-order valence-corrected chi connectivity index (χ1v) is 8.00. The summed E-state index contributed by atoms with van der Waals surface area (Å²) in [5, 5.41) is 8.76. The van der Waals surface area contributed by atoms with Gasteiger partial charge in [-0.05, 0) is 38.8 Å². The highest BCUT2D eigenvalue weighted by Crippen LogP contribution is 2.31. The highest BCUT2D eigenvalue weighted by atomic mass is 16.4. The number of likely N-dealkylation sites (tertiary alicyclic amines) is 3. The largest absolute Gasteiger partial charge is 0.481 e. The van der Waals surface area contributed by atoms with Crippen molar-refractivity contribution in [3.05, 3.63) is 0 Å². The van der Waals surface area contributed by atoms with Crippen LogP contribution in [0, 0.1) is 11.8 Å². The van der Waals surface area contributed by atoms with Crippen molar-refractivity contribution >= 4 is 12.0 Å². The van der Waals surface area contributed by atoms with Gasteiger partial charge in [0.2, 0.25) is 0 Å². The number of rotatable bonds is 2. The molecule has 3 fully saturated rings. The van der Waals surface area contributed by atoms with E-state index in [1.54, 1.807) is 4.90 Å². The van der Waals surface area contributed by atoms with Gasteiger partial charge in [-0.25, -0.2) is 4.79 Å². The van der Waals surface area contributed by atoms with Crippen molar-refractivity contribution in [2.24, 2.45) is 11.8 Å². The van der Waals surface area contributed by atoms with Crippen LogP contribution in [0.5, 0.6) is 0 Å². The molecule has 6 heteroatoms. The molecule has 0 aliphatic carbocycles. The van der Waals surface area contributed by atoms with Crippen molar-refractivity contribution in [1.29, 1.82) is 0 Å². The summed E-state index contributed by atoms with van der Waals surface area (Å²) < 4.78 is 0. The van der Waals surface area contributed by atoms with E-state index in [1.165, 1.54) is 19.4 Å². The van der Waals surface area contributed by atoms with E-state index in [0.29, 0.717) is 25.0 Å². The molecule has 0 bridgehead atoms. The predicted molar refractivity (Wildman–Crippen MR) is 78.0 cm³/mol. The molecule has 3 heterocycles. The predicted octanol–water partition coefficient (Wildman–Crippen LogP) is 0.929. The van der Waals surface area contributed by atoms with Gasteiger partial charge in [-0.15, -0.1) is 0 Å². The van der Waals surface area contributed by atoms with Crippen molar-refractivity contribution < 1.29 is 14.7 Å². The number of hydrogen-bond donors (Lipinski definition) is 1. The Labute approximate surface area is 125 Å². The minimum atomic E-state index is -0.766. The third-order valence-electron chi connectivity index (χ3n) is 5.31. The van der Waals surface area contributed by atoms with E-state index in [2.05, 4.69) is 11.9 Å². The first-order chi connectivity index (χ1) is 10.0. The molecule has 0 aromatic rings. The topological polar surface area (TPSA) is 64.1 Å². The average molecular weight is 295 g/mol. The van der Waals surface area contributed by atoms with Crippen LogP contribution in [0.2, 0.25) is 0 Å². The van der Waals surface area contributed by atoms with Crippen molar-refractivity contribution in [2.75, 3.05) is 39.8 Å². The minimum absolute atomic E-state index is 0.114. The van der Waals surface area contributed by atoms with Crippen LogP contribution in [0.15, 0.2) is 0 Å². The molecule has 0 saturated carbocycles. The van der Waals surface area contributed by atoms with Crippen LogP contribution >= 0.6 is 0 Å². The van der Waals surface area contributed by atoms with E-state index in [1.807, 2.05) is 4.90 Å². The summed E-state index contributed by atoms with van der Waals surface area (Å²) in [7, 11) is 2.19. The van der Waals surface area contributed by atoms with Gasteiger partial charge in [-0.2, -0.15) is 0 Å². The number of hydrogen-bond acceptors (Lipinski definition) is 3. The van der Waals surface area contributed by atoms with E-state index < -0.39 is 5.97 Å². The second-order valence-corrected chi connectivity index (χ2v) is 6.84. The lowest BCUT2D eigenvalue weighted by Crippen LogP contribution is -2.60. The van der Waals surface area contributed by atoms with Gasteiger partial charge in [0.05, 0.1) is 6.42 Å². The Kier molecular flexibility index (Phi) is 4.06. The molecule has 21 heavy (non-hydrogen) atoms. The summed E-state index contributed by atoms with van der Waals surface area (Å²) in [4.78, 5) is 29.3. The maximum absolute atomic E-state index is 12.5. The van der Waals surface area contributed by atoms with Gasteiger partial charge in [0.15, 0.2) is 0 Å². The van der Waals surface area contributed by atoms with Gasteiger partial charge in [0.25, 0.3) is 0 Å². The molecule has 2 unspecified atom stereocenters. The average Bonchev–Trinajstić information content (AvgIpc) is 2.41. The van der Waals surface area contributed by atoms with Gasteiger partial charge >= 0.3 is 12.0 Å². The molecular weight excluding hydrogens is 270 g/mol. The third kappa shape index (κ3) is 3.00. The maximum atomic E-state index is 12.5. The molecule has 118 valence electrons. The molecule has 1 N–H and O–H groups in total. The zero-order chi connectivity index (χ0) is 15.0. The zero-order valence-corrected chi connectivity index (χ0v) is 12.7. The van der Waals surface area contributed by atoms with Crippen LogP contribution in [0.4, 0.5) is 4.79 Å². The molecule has 0 radical (unpaired) electrons. The molecule has 3 aliphatic heterocycles. The second-order valence-electron chi connectivity index (χ2n) is 6.84. The Hall–Kier alpha value is -1.30. The number of carboxylic acids is 1. The SMILES string of the molecule is CN1CCCC2CN(C(=O)N3CC(CC(=O)O)C3)CCC21. The number of aliphatic carboxylic acids is 1. The summed E-state index contributed by atoms with van der Waals surface area (Å²) in [6, 6.07) is 0.752. The van der Waals surface area contributed by atoms with Crippen LogP contribution in [0.3, 0.4) is 0 Å². The molecular formula is C15H25N3O3. The fourth-order valence-electron chi connectivity index (χ4n) is 4.13. The molecule has 6 nitrogen and oxygen atoms in total. The van der Waals surface area contributed by atoms with Crippen LogP contribution in [-0.2, 0) is 4.79 Å². The zero-order valence-electron chi connectivity index (χ0n) is 12.7. The number of nitrogens with zero attached hydrogens (tertiary/aromatic N) is 3. The Balaban J connectivity index is 1.50. The smallest absolute Gasteiger partial charge is 0.320 e. The quantitative estimate of drug-likeness (QED) is 0.823. The van der Waals surface area contributed by atoms with Gasteiger partial charge in [0.1, 0.15) is 0 Å². The van der Waals surface area contributed by atoms with Crippen molar-refractivity contribution in [3.63, 3.8) is 0 Å². The van der Waals surface area contributed by atoms with Crippen molar-refractivity contribution in [1.82, 2.24) is 14.7 Å². The second kappa shape index (κ2) is 5.83. The lowest BCUT2D eigenvalue weighted by molar-refractivity contribution is -0.139. The maximum Gasteiger partial charge on any atom is 0.320 e. The summed E-state index contributed by atoms with van der Waals surface area (Å²) in [6.07, 6.45) is 3.70. The van der Waals surface area contributed by atoms with E-state index in [-0.39, 0.29) is 18.4 Å². The fraction of sp³-hybridized carbons (Fsp3) is 0.867. The number of carboxylic acid groups (broad SMARTS) is 1. The molecule has 0 spiro atoms. The number of carbonyl (C=O) groups excluding carboxylic acids is 1. The Morgan fingerprint density at radius 2 is 1.86 bits per heavy atom. The Morgan fingerprint density at radius 1 is 1.10 bits per heavy atom. The van der Waals surface area contributed by atoms with Gasteiger partial charge in [0, 0.05) is 38.1 Å². The first-order valence-electron chi connectivity index (χ1n) is 8.00. The van der Waals surface area contributed by atoms with Crippen LogP contribution in [0.25, 0.3) is 0 Å². The summed E-state index contributed by atoms with van der Waals surface area (Å²) >= 11 is 0. The van der Waals surface area contributed by atoms with Crippen LogP contribution in [-0.4, -0.2) is 77.6 Å². The summed E-state index contributed by atoms with van der Waals surface area (Å²) in [6.45, 7) is 4.10. The molecule has 3 saturated heterocycles. The van der Waals surface area contributed by atoms with Crippen molar-refractivity contribution in [2.45, 2.75) is 31.7 Å². The van der Waals surface area contributed by atoms with E-state index in [4.69, 9.17) is 5.11 Å². The molecule has 0 aromatic heterocycles. The molecule has 2 amide bonds.